The lowest BCUT2D eigenvalue weighted by atomic mass is 9.94. The molecule has 146 valence electrons. The number of hydrogen-bond donors (Lipinski definition) is 3. The van der Waals surface area contributed by atoms with E-state index in [0.29, 0.717) is 21.7 Å². The van der Waals surface area contributed by atoms with Gasteiger partial charge in [0.15, 0.2) is 0 Å². The molecule has 4 N–H and O–H groups in total. The van der Waals surface area contributed by atoms with Crippen molar-refractivity contribution in [3.8, 4) is 0 Å². The number of aliphatic hydroxyl groups excluding tert-OH is 1. The van der Waals surface area contributed by atoms with Gasteiger partial charge in [0.05, 0.1) is 16.7 Å². The third-order valence-electron chi connectivity index (χ3n) is 4.15. The zero-order valence-electron chi connectivity index (χ0n) is 15.8. The number of halogens is 2. The minimum absolute atomic E-state index is 0.142. The normalized spacial score (nSPS) is 13.9. The number of rotatable bonds is 6. The molecule has 0 saturated heterocycles. The van der Waals surface area contributed by atoms with Crippen LogP contribution in [0.1, 0.15) is 42.3 Å². The van der Waals surface area contributed by atoms with Gasteiger partial charge in [0.1, 0.15) is 5.82 Å². The van der Waals surface area contributed by atoms with E-state index in [2.05, 4.69) is 5.32 Å². The molecule has 2 unspecified atom stereocenters. The van der Waals surface area contributed by atoms with Crippen molar-refractivity contribution in [2.24, 2.45) is 5.73 Å². The highest BCUT2D eigenvalue weighted by Gasteiger charge is 2.24. The second-order valence-electron chi connectivity index (χ2n) is 7.71. The Morgan fingerprint density at radius 1 is 1.15 bits per heavy atom. The molecular formula is C21H26ClFN2O2. The Bertz CT molecular complexity index is 805. The van der Waals surface area contributed by atoms with E-state index in [9.17, 15) is 14.3 Å². The molecule has 0 aliphatic heterocycles. The fourth-order valence-corrected chi connectivity index (χ4v) is 3.11. The van der Waals surface area contributed by atoms with Gasteiger partial charge in [-0.2, -0.15) is 0 Å². The SMILES string of the molecule is CC(C)(C)NC(=O)c1c(Cl)cccc1CC(O)C(N)Cc1ccccc1F. The number of carbonyl (C=O) groups excluding carboxylic acids is 1. The van der Waals surface area contributed by atoms with Crippen LogP contribution in [0.15, 0.2) is 42.5 Å². The molecule has 0 aromatic heterocycles. The van der Waals surface area contributed by atoms with E-state index in [1.54, 1.807) is 36.4 Å². The summed E-state index contributed by atoms with van der Waals surface area (Å²) in [5.74, 6) is -0.661. The first-order chi connectivity index (χ1) is 12.6. The molecular weight excluding hydrogens is 367 g/mol. The van der Waals surface area contributed by atoms with Gasteiger partial charge >= 0.3 is 0 Å². The van der Waals surface area contributed by atoms with Crippen LogP contribution >= 0.6 is 11.6 Å². The summed E-state index contributed by atoms with van der Waals surface area (Å²) in [6.07, 6.45) is -0.620. The lowest BCUT2D eigenvalue weighted by Crippen LogP contribution is -2.42. The van der Waals surface area contributed by atoms with Crippen LogP contribution in [0.4, 0.5) is 4.39 Å². The molecule has 0 aliphatic rings. The fourth-order valence-electron chi connectivity index (χ4n) is 2.83. The molecule has 4 nitrogen and oxygen atoms in total. The van der Waals surface area contributed by atoms with E-state index in [4.69, 9.17) is 17.3 Å². The number of benzene rings is 2. The fraction of sp³-hybridized carbons (Fsp3) is 0.381. The predicted octanol–water partition coefficient (Wildman–Crippen LogP) is 3.48. The summed E-state index contributed by atoms with van der Waals surface area (Å²) in [5, 5.41) is 13.7. The summed E-state index contributed by atoms with van der Waals surface area (Å²) in [7, 11) is 0. The van der Waals surface area contributed by atoms with Gasteiger partial charge in [0, 0.05) is 18.0 Å². The van der Waals surface area contributed by atoms with Crippen molar-refractivity contribution in [1.82, 2.24) is 5.32 Å². The maximum absolute atomic E-state index is 13.8. The van der Waals surface area contributed by atoms with Crippen LogP contribution in [0.5, 0.6) is 0 Å². The van der Waals surface area contributed by atoms with Gasteiger partial charge < -0.3 is 16.2 Å². The molecule has 27 heavy (non-hydrogen) atoms. The number of carbonyl (C=O) groups is 1. The van der Waals surface area contributed by atoms with Crippen LogP contribution in [0.3, 0.4) is 0 Å². The van der Waals surface area contributed by atoms with E-state index in [0.717, 1.165) is 0 Å². The van der Waals surface area contributed by atoms with Crippen molar-refractivity contribution in [1.29, 1.82) is 0 Å². The summed E-state index contributed by atoms with van der Waals surface area (Å²) >= 11 is 6.24. The zero-order valence-corrected chi connectivity index (χ0v) is 16.6. The quantitative estimate of drug-likeness (QED) is 0.704. The summed E-state index contributed by atoms with van der Waals surface area (Å²) in [6.45, 7) is 5.63. The Morgan fingerprint density at radius 2 is 1.78 bits per heavy atom. The first-order valence-corrected chi connectivity index (χ1v) is 9.23. The molecule has 0 spiro atoms. The molecule has 2 aromatic carbocycles. The molecule has 0 aliphatic carbocycles. The van der Waals surface area contributed by atoms with Gasteiger partial charge in [-0.15, -0.1) is 0 Å². The third kappa shape index (κ3) is 6.03. The zero-order chi connectivity index (χ0) is 20.2. The van der Waals surface area contributed by atoms with Crippen LogP contribution in [0.2, 0.25) is 5.02 Å². The first-order valence-electron chi connectivity index (χ1n) is 8.85. The summed E-state index contributed by atoms with van der Waals surface area (Å²) in [6, 6.07) is 10.7. The number of amides is 1. The van der Waals surface area contributed by atoms with Crippen molar-refractivity contribution in [3.05, 3.63) is 70.0 Å². The lowest BCUT2D eigenvalue weighted by Gasteiger charge is -2.24. The van der Waals surface area contributed by atoms with Gasteiger partial charge in [-0.3, -0.25) is 4.79 Å². The molecule has 2 atom stereocenters. The second-order valence-corrected chi connectivity index (χ2v) is 8.12. The highest BCUT2D eigenvalue weighted by atomic mass is 35.5. The monoisotopic (exact) mass is 392 g/mol. The number of hydrogen-bond acceptors (Lipinski definition) is 3. The number of nitrogens with one attached hydrogen (secondary N) is 1. The molecule has 0 radical (unpaired) electrons. The third-order valence-corrected chi connectivity index (χ3v) is 4.47. The maximum atomic E-state index is 13.8. The van der Waals surface area contributed by atoms with Crippen LogP contribution in [0.25, 0.3) is 0 Å². The van der Waals surface area contributed by atoms with Crippen molar-refractivity contribution in [3.63, 3.8) is 0 Å². The lowest BCUT2D eigenvalue weighted by molar-refractivity contribution is 0.0917. The highest BCUT2D eigenvalue weighted by Crippen LogP contribution is 2.23. The summed E-state index contributed by atoms with van der Waals surface area (Å²) in [4.78, 5) is 12.6. The van der Waals surface area contributed by atoms with Crippen molar-refractivity contribution in [2.45, 2.75) is 51.3 Å². The molecule has 1 amide bonds. The van der Waals surface area contributed by atoms with Gasteiger partial charge in [0.25, 0.3) is 5.91 Å². The van der Waals surface area contributed by atoms with Gasteiger partial charge in [-0.1, -0.05) is 41.9 Å². The molecule has 2 aromatic rings. The van der Waals surface area contributed by atoms with E-state index in [-0.39, 0.29) is 24.6 Å². The van der Waals surface area contributed by atoms with Gasteiger partial charge in [-0.05, 0) is 50.5 Å². The number of aliphatic hydroxyl groups is 1. The smallest absolute Gasteiger partial charge is 0.253 e. The average molecular weight is 393 g/mol. The molecule has 6 heteroatoms. The van der Waals surface area contributed by atoms with Crippen LogP contribution in [-0.2, 0) is 12.8 Å². The van der Waals surface area contributed by atoms with Crippen molar-refractivity contribution in [2.75, 3.05) is 0 Å². The Balaban J connectivity index is 2.17. The average Bonchev–Trinajstić information content (AvgIpc) is 2.55. The highest BCUT2D eigenvalue weighted by molar-refractivity contribution is 6.34. The minimum Gasteiger partial charge on any atom is -0.391 e. The Kier molecular flexibility index (Phi) is 6.98. The molecule has 0 bridgehead atoms. The van der Waals surface area contributed by atoms with Crippen molar-refractivity contribution < 1.29 is 14.3 Å². The molecule has 2 rings (SSSR count). The van der Waals surface area contributed by atoms with E-state index in [1.807, 2.05) is 20.8 Å². The van der Waals surface area contributed by atoms with E-state index in [1.165, 1.54) is 6.07 Å². The van der Waals surface area contributed by atoms with Crippen LogP contribution < -0.4 is 11.1 Å². The topological polar surface area (TPSA) is 75.3 Å². The van der Waals surface area contributed by atoms with Crippen LogP contribution in [0, 0.1) is 5.82 Å². The Hall–Kier alpha value is -1.95. The predicted molar refractivity (Wildman–Crippen MR) is 106 cm³/mol. The minimum atomic E-state index is -0.954. The van der Waals surface area contributed by atoms with Gasteiger partial charge in [0.2, 0.25) is 0 Å². The summed E-state index contributed by atoms with van der Waals surface area (Å²) < 4.78 is 13.8. The molecule has 0 heterocycles. The second kappa shape index (κ2) is 8.83. The Morgan fingerprint density at radius 3 is 2.41 bits per heavy atom. The standard InChI is InChI=1S/C21H26ClFN2O2/c1-21(2,3)25-20(27)19-14(8-6-9-15(19)22)12-18(26)17(24)11-13-7-4-5-10-16(13)23/h4-10,17-18,26H,11-12,24H2,1-3H3,(H,25,27). The molecule has 0 saturated carbocycles. The van der Waals surface area contributed by atoms with Crippen molar-refractivity contribution >= 4 is 17.5 Å². The van der Waals surface area contributed by atoms with Gasteiger partial charge in [-0.25, -0.2) is 4.39 Å². The first kappa shape index (κ1) is 21.4. The van der Waals surface area contributed by atoms with E-state index >= 15 is 0 Å². The Labute approximate surface area is 164 Å². The van der Waals surface area contributed by atoms with Crippen LogP contribution in [-0.4, -0.2) is 28.7 Å². The summed E-state index contributed by atoms with van der Waals surface area (Å²) in [5.41, 5.74) is 7.03. The van der Waals surface area contributed by atoms with E-state index < -0.39 is 17.7 Å². The maximum Gasteiger partial charge on any atom is 0.253 e. The molecule has 0 fully saturated rings. The largest absolute Gasteiger partial charge is 0.391 e. The number of nitrogens with two attached hydrogens (primary N) is 1.